The molecule has 5 heteroatoms. The van der Waals surface area contributed by atoms with Gasteiger partial charge in [0.1, 0.15) is 5.75 Å². The predicted octanol–water partition coefficient (Wildman–Crippen LogP) is 3.02. The molecule has 68 valence electrons. The van der Waals surface area contributed by atoms with E-state index in [1.807, 2.05) is 0 Å². The minimum absolute atomic E-state index is 0.0957. The van der Waals surface area contributed by atoms with E-state index in [4.69, 9.17) is 0 Å². The molecule has 0 saturated carbocycles. The number of benzene rings is 1. The van der Waals surface area contributed by atoms with Crippen LogP contribution in [0, 0.1) is 0 Å². The van der Waals surface area contributed by atoms with Crippen molar-refractivity contribution in [1.82, 2.24) is 0 Å². The van der Waals surface area contributed by atoms with Gasteiger partial charge < -0.3 is 4.74 Å². The maximum Gasteiger partial charge on any atom is 0.387 e. The molecule has 0 fully saturated rings. The molecular weight excluding hydrogens is 196 g/mol. The maximum absolute atomic E-state index is 11.7. The van der Waals surface area contributed by atoms with E-state index in [2.05, 4.69) is 27.1 Å². The first kappa shape index (κ1) is 9.77. The highest BCUT2D eigenvalue weighted by Gasteiger charge is 2.02. The van der Waals surface area contributed by atoms with E-state index >= 15 is 0 Å². The summed E-state index contributed by atoms with van der Waals surface area (Å²) < 4.78 is 27.5. The van der Waals surface area contributed by atoms with Crippen molar-refractivity contribution in [2.45, 2.75) is 6.61 Å². The van der Waals surface area contributed by atoms with Crippen LogP contribution < -0.4 is 4.74 Å². The van der Waals surface area contributed by atoms with Gasteiger partial charge in [0.2, 0.25) is 0 Å². The van der Waals surface area contributed by atoms with Gasteiger partial charge in [0, 0.05) is 0 Å². The maximum atomic E-state index is 11.7. The molecule has 2 nitrogen and oxygen atoms in total. The van der Waals surface area contributed by atoms with Crippen LogP contribution in [-0.2, 0) is 0 Å². The molecule has 0 aliphatic carbocycles. The number of hydrogen-bond donors (Lipinski definition) is 0. The van der Waals surface area contributed by atoms with Crippen molar-refractivity contribution >= 4 is 23.1 Å². The van der Waals surface area contributed by atoms with Crippen LogP contribution in [0.25, 0.3) is 0 Å². The Kier molecular flexibility index (Phi) is 3.49. The van der Waals surface area contributed by atoms with Crippen LogP contribution in [0.2, 0.25) is 0 Å². The van der Waals surface area contributed by atoms with Gasteiger partial charge >= 0.3 is 6.61 Å². The van der Waals surface area contributed by atoms with E-state index in [1.54, 1.807) is 0 Å². The Hall–Kier alpha value is -1.32. The van der Waals surface area contributed by atoms with Crippen molar-refractivity contribution in [3.05, 3.63) is 24.3 Å². The lowest BCUT2D eigenvalue weighted by molar-refractivity contribution is -0.0498. The van der Waals surface area contributed by atoms with E-state index in [1.165, 1.54) is 24.3 Å². The van der Waals surface area contributed by atoms with Gasteiger partial charge in [-0.05, 0) is 36.5 Å². The average molecular weight is 201 g/mol. The number of hydrogen-bond acceptors (Lipinski definition) is 3. The summed E-state index contributed by atoms with van der Waals surface area (Å²) in [5.74, 6) is 0.0957. The lowest BCUT2D eigenvalue weighted by Gasteiger charge is -2.02. The number of isothiocyanates is 1. The van der Waals surface area contributed by atoms with Crippen molar-refractivity contribution in [2.24, 2.45) is 4.99 Å². The van der Waals surface area contributed by atoms with E-state index < -0.39 is 6.61 Å². The third-order valence-electron chi connectivity index (χ3n) is 1.24. The van der Waals surface area contributed by atoms with Gasteiger partial charge in [-0.15, -0.1) is 0 Å². The van der Waals surface area contributed by atoms with Crippen LogP contribution in [0.1, 0.15) is 0 Å². The Morgan fingerprint density at radius 2 is 1.92 bits per heavy atom. The summed E-state index contributed by atoms with van der Waals surface area (Å²) in [6.45, 7) is -2.81. The molecule has 0 aliphatic rings. The van der Waals surface area contributed by atoms with Gasteiger partial charge in [0.05, 0.1) is 10.8 Å². The molecule has 1 aromatic rings. The highest BCUT2D eigenvalue weighted by Crippen LogP contribution is 2.18. The minimum atomic E-state index is -2.81. The van der Waals surface area contributed by atoms with Crippen LogP contribution in [-0.4, -0.2) is 11.8 Å². The lowest BCUT2D eigenvalue weighted by atomic mass is 10.3. The first-order valence-electron chi connectivity index (χ1n) is 3.35. The molecule has 0 amide bonds. The topological polar surface area (TPSA) is 21.6 Å². The fourth-order valence-electron chi connectivity index (χ4n) is 0.755. The van der Waals surface area contributed by atoms with Crippen LogP contribution >= 0.6 is 12.2 Å². The molecule has 0 N–H and O–H groups in total. The molecule has 0 spiro atoms. The first-order valence-corrected chi connectivity index (χ1v) is 3.76. The number of halogens is 2. The van der Waals surface area contributed by atoms with Crippen molar-refractivity contribution < 1.29 is 13.5 Å². The summed E-state index contributed by atoms with van der Waals surface area (Å²) in [5, 5.41) is 2.16. The molecule has 0 saturated heterocycles. The number of aliphatic imine (C=N–C) groups is 1. The normalized spacial score (nSPS) is 9.46. The van der Waals surface area contributed by atoms with E-state index in [9.17, 15) is 8.78 Å². The molecule has 1 rings (SSSR count). The van der Waals surface area contributed by atoms with Crippen molar-refractivity contribution in [3.63, 3.8) is 0 Å². The Balaban J connectivity index is 2.75. The molecule has 13 heavy (non-hydrogen) atoms. The van der Waals surface area contributed by atoms with Gasteiger partial charge in [0.25, 0.3) is 0 Å². The lowest BCUT2D eigenvalue weighted by Crippen LogP contribution is -2.01. The van der Waals surface area contributed by atoms with Crippen molar-refractivity contribution in [2.75, 3.05) is 0 Å². The number of rotatable bonds is 3. The second kappa shape index (κ2) is 4.64. The van der Waals surface area contributed by atoms with Gasteiger partial charge in [-0.1, -0.05) is 0 Å². The Labute approximate surface area is 78.9 Å². The van der Waals surface area contributed by atoms with Crippen LogP contribution in [0.15, 0.2) is 29.3 Å². The minimum Gasteiger partial charge on any atom is -0.435 e. The number of thiocarbonyl (C=S) groups is 1. The van der Waals surface area contributed by atoms with Crippen LogP contribution in [0.4, 0.5) is 14.5 Å². The fourth-order valence-corrected chi connectivity index (χ4v) is 0.860. The summed E-state index contributed by atoms with van der Waals surface area (Å²) in [5.41, 5.74) is 0.552. The van der Waals surface area contributed by atoms with E-state index in [0.717, 1.165) is 0 Å². The zero-order valence-corrected chi connectivity index (χ0v) is 7.22. The number of alkyl halides is 2. The van der Waals surface area contributed by atoms with E-state index in [0.29, 0.717) is 5.69 Å². The molecule has 0 radical (unpaired) electrons. The Bertz CT molecular complexity index is 319. The van der Waals surface area contributed by atoms with Gasteiger partial charge in [0.15, 0.2) is 0 Å². The predicted molar refractivity (Wildman–Crippen MR) is 47.8 cm³/mol. The van der Waals surface area contributed by atoms with Gasteiger partial charge in [-0.3, -0.25) is 0 Å². The average Bonchev–Trinajstić information content (AvgIpc) is 2.08. The van der Waals surface area contributed by atoms with Gasteiger partial charge in [-0.25, -0.2) is 0 Å². The quantitative estimate of drug-likeness (QED) is 0.553. The van der Waals surface area contributed by atoms with Crippen LogP contribution in [0.5, 0.6) is 5.75 Å². The molecule has 1 aromatic carbocycles. The monoisotopic (exact) mass is 201 g/mol. The molecule has 0 unspecified atom stereocenters. The smallest absolute Gasteiger partial charge is 0.387 e. The summed E-state index contributed by atoms with van der Waals surface area (Å²) in [6.07, 6.45) is 0. The molecule has 0 aliphatic heterocycles. The summed E-state index contributed by atoms with van der Waals surface area (Å²) >= 11 is 4.37. The largest absolute Gasteiger partial charge is 0.435 e. The third-order valence-corrected chi connectivity index (χ3v) is 1.33. The zero-order chi connectivity index (χ0) is 9.68. The molecular formula is C8H5F2NOS. The Morgan fingerprint density at radius 3 is 2.38 bits per heavy atom. The van der Waals surface area contributed by atoms with Crippen molar-refractivity contribution in [3.8, 4) is 5.75 Å². The second-order valence-corrected chi connectivity index (χ2v) is 2.26. The number of nitrogens with zero attached hydrogens (tertiary/aromatic N) is 1. The Morgan fingerprint density at radius 1 is 1.31 bits per heavy atom. The fraction of sp³-hybridized carbons (Fsp3) is 0.125. The first-order chi connectivity index (χ1) is 6.22. The summed E-state index contributed by atoms with van der Waals surface area (Å²) in [7, 11) is 0. The highest BCUT2D eigenvalue weighted by atomic mass is 32.1. The summed E-state index contributed by atoms with van der Waals surface area (Å²) in [4.78, 5) is 3.65. The van der Waals surface area contributed by atoms with Crippen molar-refractivity contribution in [1.29, 1.82) is 0 Å². The molecule has 0 heterocycles. The zero-order valence-electron chi connectivity index (χ0n) is 6.41. The SMILES string of the molecule is FC(F)Oc1ccc(N=C=S)cc1. The molecule has 0 atom stereocenters. The van der Waals surface area contributed by atoms with Gasteiger partial charge in [-0.2, -0.15) is 13.8 Å². The summed E-state index contributed by atoms with van der Waals surface area (Å²) in [6, 6.07) is 5.80. The molecule has 0 aromatic heterocycles. The third kappa shape index (κ3) is 3.27. The van der Waals surface area contributed by atoms with Crippen LogP contribution in [0.3, 0.4) is 0 Å². The number of ether oxygens (including phenoxy) is 1. The molecule has 0 bridgehead atoms. The standard InChI is InChI=1S/C8H5F2NOS/c9-8(10)12-7-3-1-6(2-4-7)11-5-13/h1-4,8H. The second-order valence-electron chi connectivity index (χ2n) is 2.08. The highest BCUT2D eigenvalue weighted by molar-refractivity contribution is 7.78. The van der Waals surface area contributed by atoms with E-state index in [-0.39, 0.29) is 5.75 Å².